The number of likely N-dealkylation sites (N-methyl/N-ethyl adjacent to an activating group) is 1. The number of aromatic nitrogens is 1. The molecule has 0 saturated heterocycles. The summed E-state index contributed by atoms with van der Waals surface area (Å²) in [6.07, 6.45) is 3.43. The molecule has 18 heavy (non-hydrogen) atoms. The number of methoxy groups -OCH3 is 1. The minimum atomic E-state index is 0.870. The van der Waals surface area contributed by atoms with Crippen molar-refractivity contribution in [1.29, 1.82) is 0 Å². The molecule has 0 atom stereocenters. The highest BCUT2D eigenvalue weighted by Crippen LogP contribution is 2.31. The molecule has 3 rings (SSSR count). The van der Waals surface area contributed by atoms with Crippen molar-refractivity contribution in [3.05, 3.63) is 29.3 Å². The van der Waals surface area contributed by atoms with Crippen molar-refractivity contribution in [3.63, 3.8) is 0 Å². The summed E-state index contributed by atoms with van der Waals surface area (Å²) in [5.41, 5.74) is 2.38. The van der Waals surface area contributed by atoms with Crippen molar-refractivity contribution in [2.24, 2.45) is 0 Å². The number of rotatable bonds is 2. The van der Waals surface area contributed by atoms with Gasteiger partial charge in [-0.3, -0.25) is 0 Å². The summed E-state index contributed by atoms with van der Waals surface area (Å²) < 4.78 is 6.46. The van der Waals surface area contributed by atoms with Crippen molar-refractivity contribution in [2.75, 3.05) is 27.2 Å². The van der Waals surface area contributed by atoms with Gasteiger partial charge in [-0.25, -0.2) is 4.98 Å². The molecule has 4 heteroatoms. The number of hydrogen-bond donors (Lipinski definition) is 0. The van der Waals surface area contributed by atoms with E-state index in [1.807, 2.05) is 12.1 Å². The zero-order valence-corrected chi connectivity index (χ0v) is 11.5. The highest BCUT2D eigenvalue weighted by molar-refractivity contribution is 7.19. The van der Waals surface area contributed by atoms with Crippen LogP contribution in [0.5, 0.6) is 5.75 Å². The summed E-state index contributed by atoms with van der Waals surface area (Å²) in [6.45, 7) is 2.14. The van der Waals surface area contributed by atoms with Crippen LogP contribution in [0.4, 0.5) is 0 Å². The van der Waals surface area contributed by atoms with Gasteiger partial charge in [0.25, 0.3) is 0 Å². The molecule has 1 aliphatic rings. The zero-order valence-electron chi connectivity index (χ0n) is 10.6. The minimum absolute atomic E-state index is 0.870. The second-order valence-corrected chi connectivity index (χ2v) is 5.64. The Hall–Kier alpha value is -1.39. The van der Waals surface area contributed by atoms with Crippen LogP contribution in [0.15, 0.2) is 24.3 Å². The predicted octanol–water partition coefficient (Wildman–Crippen LogP) is 3.02. The molecule has 0 saturated carbocycles. The van der Waals surface area contributed by atoms with E-state index in [0.717, 1.165) is 35.8 Å². The number of hydrogen-bond acceptors (Lipinski definition) is 4. The lowest BCUT2D eigenvalue weighted by Crippen LogP contribution is -2.24. The SMILES string of the molecule is COc1ccc2sc(C3=CCCN(C)C3)nc2c1. The molecule has 0 N–H and O–H groups in total. The topological polar surface area (TPSA) is 25.4 Å². The van der Waals surface area contributed by atoms with Crippen LogP contribution >= 0.6 is 11.3 Å². The third kappa shape index (κ3) is 2.13. The largest absolute Gasteiger partial charge is 0.497 e. The fourth-order valence-electron chi connectivity index (χ4n) is 2.22. The Morgan fingerprint density at radius 1 is 1.39 bits per heavy atom. The fraction of sp³-hybridized carbons (Fsp3) is 0.357. The van der Waals surface area contributed by atoms with E-state index in [1.54, 1.807) is 18.4 Å². The van der Waals surface area contributed by atoms with Crippen molar-refractivity contribution in [1.82, 2.24) is 9.88 Å². The van der Waals surface area contributed by atoms with Crippen LogP contribution in [-0.4, -0.2) is 37.1 Å². The minimum Gasteiger partial charge on any atom is -0.497 e. The van der Waals surface area contributed by atoms with Crippen LogP contribution in [0.3, 0.4) is 0 Å². The number of thiazole rings is 1. The lowest BCUT2D eigenvalue weighted by Gasteiger charge is -2.21. The van der Waals surface area contributed by atoms with Crippen molar-refractivity contribution in [2.45, 2.75) is 6.42 Å². The Morgan fingerprint density at radius 2 is 2.28 bits per heavy atom. The van der Waals surface area contributed by atoms with Gasteiger partial charge in [0.2, 0.25) is 0 Å². The Bertz CT molecular complexity index is 603. The predicted molar refractivity (Wildman–Crippen MR) is 76.3 cm³/mol. The van der Waals surface area contributed by atoms with E-state index < -0.39 is 0 Å². The average molecular weight is 260 g/mol. The second-order valence-electron chi connectivity index (χ2n) is 4.61. The first-order valence-electron chi connectivity index (χ1n) is 6.09. The summed E-state index contributed by atoms with van der Waals surface area (Å²) >= 11 is 1.76. The van der Waals surface area contributed by atoms with Crippen LogP contribution in [-0.2, 0) is 0 Å². The third-order valence-electron chi connectivity index (χ3n) is 3.21. The first-order chi connectivity index (χ1) is 8.76. The van der Waals surface area contributed by atoms with E-state index in [4.69, 9.17) is 9.72 Å². The summed E-state index contributed by atoms with van der Waals surface area (Å²) in [5.74, 6) is 0.870. The van der Waals surface area contributed by atoms with Crippen LogP contribution in [0.25, 0.3) is 15.8 Å². The maximum absolute atomic E-state index is 5.24. The van der Waals surface area contributed by atoms with E-state index in [0.29, 0.717) is 0 Å². The summed E-state index contributed by atoms with van der Waals surface area (Å²) in [7, 11) is 3.84. The molecule has 0 radical (unpaired) electrons. The van der Waals surface area contributed by atoms with Gasteiger partial charge in [0.05, 0.1) is 17.3 Å². The van der Waals surface area contributed by atoms with Gasteiger partial charge in [-0.1, -0.05) is 6.08 Å². The molecule has 0 fully saturated rings. The van der Waals surface area contributed by atoms with Gasteiger partial charge in [0.1, 0.15) is 10.8 Å². The average Bonchev–Trinajstić information content (AvgIpc) is 2.81. The number of nitrogens with zero attached hydrogens (tertiary/aromatic N) is 2. The standard InChI is InChI=1S/C14H16N2OS/c1-16-7-3-4-10(9-16)14-15-12-8-11(17-2)5-6-13(12)18-14/h4-6,8H,3,7,9H2,1-2H3. The van der Waals surface area contributed by atoms with Crippen LogP contribution < -0.4 is 4.74 Å². The summed E-state index contributed by atoms with van der Waals surface area (Å²) in [5, 5.41) is 1.14. The Kier molecular flexibility index (Phi) is 3.06. The Labute approximate surface area is 111 Å². The second kappa shape index (κ2) is 4.71. The highest BCUT2D eigenvalue weighted by atomic mass is 32.1. The molecule has 0 bridgehead atoms. The molecule has 94 valence electrons. The Balaban J connectivity index is 2.00. The van der Waals surface area contributed by atoms with E-state index in [2.05, 4.69) is 24.1 Å². The van der Waals surface area contributed by atoms with Crippen molar-refractivity contribution in [3.8, 4) is 5.75 Å². The monoisotopic (exact) mass is 260 g/mol. The summed E-state index contributed by atoms with van der Waals surface area (Å²) in [4.78, 5) is 7.06. The zero-order chi connectivity index (χ0) is 12.5. The maximum atomic E-state index is 5.24. The van der Waals surface area contributed by atoms with Crippen LogP contribution in [0.1, 0.15) is 11.4 Å². The number of ether oxygens (including phenoxy) is 1. The van der Waals surface area contributed by atoms with E-state index >= 15 is 0 Å². The molecule has 1 aliphatic heterocycles. The Morgan fingerprint density at radius 3 is 3.06 bits per heavy atom. The molecule has 0 amide bonds. The van der Waals surface area contributed by atoms with Gasteiger partial charge in [0, 0.05) is 19.2 Å². The molecule has 0 unspecified atom stereocenters. The number of benzene rings is 1. The van der Waals surface area contributed by atoms with Crippen molar-refractivity contribution >= 4 is 27.1 Å². The first kappa shape index (κ1) is 11.7. The van der Waals surface area contributed by atoms with Crippen LogP contribution in [0.2, 0.25) is 0 Å². The van der Waals surface area contributed by atoms with Crippen LogP contribution in [0, 0.1) is 0 Å². The van der Waals surface area contributed by atoms with Gasteiger partial charge < -0.3 is 9.64 Å². The van der Waals surface area contributed by atoms with Gasteiger partial charge >= 0.3 is 0 Å². The van der Waals surface area contributed by atoms with E-state index in [9.17, 15) is 0 Å². The van der Waals surface area contributed by atoms with Gasteiger partial charge in [-0.15, -0.1) is 11.3 Å². The van der Waals surface area contributed by atoms with E-state index in [1.165, 1.54) is 10.3 Å². The van der Waals surface area contributed by atoms with Gasteiger partial charge in [-0.2, -0.15) is 0 Å². The molecule has 2 aromatic rings. The molecular weight excluding hydrogens is 244 g/mol. The molecule has 1 aromatic heterocycles. The molecule has 2 heterocycles. The molecule has 0 aliphatic carbocycles. The molecule has 0 spiro atoms. The van der Waals surface area contributed by atoms with Crippen molar-refractivity contribution < 1.29 is 4.74 Å². The smallest absolute Gasteiger partial charge is 0.121 e. The molecular formula is C14H16N2OS. The van der Waals surface area contributed by atoms with Gasteiger partial charge in [0.15, 0.2) is 0 Å². The highest BCUT2D eigenvalue weighted by Gasteiger charge is 2.14. The summed E-state index contributed by atoms with van der Waals surface area (Å²) in [6, 6.07) is 6.08. The third-order valence-corrected chi connectivity index (χ3v) is 4.32. The normalized spacial score (nSPS) is 16.9. The quantitative estimate of drug-likeness (QED) is 0.830. The number of fused-ring (bicyclic) bond motifs is 1. The first-order valence-corrected chi connectivity index (χ1v) is 6.90. The molecule has 3 nitrogen and oxygen atoms in total. The maximum Gasteiger partial charge on any atom is 0.121 e. The lowest BCUT2D eigenvalue weighted by molar-refractivity contribution is 0.373. The molecule has 1 aromatic carbocycles. The van der Waals surface area contributed by atoms with E-state index in [-0.39, 0.29) is 0 Å². The van der Waals surface area contributed by atoms with Gasteiger partial charge in [-0.05, 0) is 31.2 Å². The lowest BCUT2D eigenvalue weighted by atomic mass is 10.1. The fourth-order valence-corrected chi connectivity index (χ4v) is 3.20.